The van der Waals surface area contributed by atoms with Gasteiger partial charge in [0.2, 0.25) is 11.8 Å². The van der Waals surface area contributed by atoms with Crippen LogP contribution in [0.3, 0.4) is 0 Å². The molecule has 3 fully saturated rings. The van der Waals surface area contributed by atoms with E-state index in [4.69, 9.17) is 11.6 Å². The number of amides is 2. The second-order valence-electron chi connectivity index (χ2n) is 11.8. The van der Waals surface area contributed by atoms with Gasteiger partial charge in [0, 0.05) is 61.8 Å². The Kier molecular flexibility index (Phi) is 7.82. The van der Waals surface area contributed by atoms with Crippen LogP contribution >= 0.6 is 11.6 Å². The lowest BCUT2D eigenvalue weighted by Crippen LogP contribution is -2.46. The lowest BCUT2D eigenvalue weighted by molar-refractivity contribution is -0.133. The molecule has 40 heavy (non-hydrogen) atoms. The molecular formula is C31H39ClN6O2. The first kappa shape index (κ1) is 27.2. The van der Waals surface area contributed by atoms with E-state index in [1.807, 2.05) is 47.1 Å². The number of aromatic nitrogens is 3. The molecule has 212 valence electrons. The molecule has 0 N–H and O–H groups in total. The summed E-state index contributed by atoms with van der Waals surface area (Å²) >= 11 is 6.50. The van der Waals surface area contributed by atoms with Crippen LogP contribution in [0.15, 0.2) is 42.5 Å². The zero-order valence-corrected chi connectivity index (χ0v) is 24.3. The van der Waals surface area contributed by atoms with Crippen molar-refractivity contribution in [3.05, 3.63) is 53.1 Å². The lowest BCUT2D eigenvalue weighted by atomic mass is 9.94. The van der Waals surface area contributed by atoms with E-state index < -0.39 is 0 Å². The maximum absolute atomic E-state index is 13.8. The van der Waals surface area contributed by atoms with Crippen molar-refractivity contribution in [3.63, 3.8) is 0 Å². The van der Waals surface area contributed by atoms with Gasteiger partial charge in [-0.25, -0.2) is 4.68 Å². The van der Waals surface area contributed by atoms with E-state index in [-0.39, 0.29) is 17.7 Å². The topological polar surface area (TPSA) is 74.6 Å². The molecule has 0 aliphatic carbocycles. The number of hydrogen-bond donors (Lipinski definition) is 0. The second kappa shape index (κ2) is 11.5. The molecule has 1 aromatic heterocycles. The monoisotopic (exact) mass is 562 g/mol. The number of benzene rings is 2. The molecule has 4 heterocycles. The molecule has 3 aliphatic rings. The van der Waals surface area contributed by atoms with Crippen molar-refractivity contribution in [2.24, 2.45) is 5.92 Å². The summed E-state index contributed by atoms with van der Waals surface area (Å²) in [6.07, 6.45) is 6.96. The smallest absolute Gasteiger partial charge is 0.230 e. The van der Waals surface area contributed by atoms with Crippen molar-refractivity contribution in [1.82, 2.24) is 24.8 Å². The number of halogens is 1. The van der Waals surface area contributed by atoms with Gasteiger partial charge < -0.3 is 9.80 Å². The minimum atomic E-state index is -0.0693. The number of likely N-dealkylation sites (tertiary alicyclic amines) is 1. The van der Waals surface area contributed by atoms with Crippen molar-refractivity contribution in [3.8, 4) is 0 Å². The Morgan fingerprint density at radius 1 is 1.00 bits per heavy atom. The summed E-state index contributed by atoms with van der Waals surface area (Å²) in [5.74, 6) is 0.173. The molecule has 2 aromatic carbocycles. The molecule has 0 saturated carbocycles. The van der Waals surface area contributed by atoms with Crippen molar-refractivity contribution in [2.75, 3.05) is 31.1 Å². The summed E-state index contributed by atoms with van der Waals surface area (Å²) in [7, 11) is 0. The number of aryl methyl sites for hydroxylation is 1. The molecule has 6 rings (SSSR count). The van der Waals surface area contributed by atoms with Gasteiger partial charge in [0.1, 0.15) is 5.52 Å². The van der Waals surface area contributed by atoms with E-state index in [2.05, 4.69) is 32.0 Å². The van der Waals surface area contributed by atoms with Gasteiger partial charge in [-0.1, -0.05) is 35.0 Å². The van der Waals surface area contributed by atoms with Crippen molar-refractivity contribution in [2.45, 2.75) is 76.9 Å². The van der Waals surface area contributed by atoms with Crippen LogP contribution in [0.4, 0.5) is 5.69 Å². The number of carbonyl (C=O) groups is 2. The third kappa shape index (κ3) is 5.36. The number of carbonyl (C=O) groups excluding carboxylic acids is 2. The van der Waals surface area contributed by atoms with Gasteiger partial charge in [-0.15, -0.1) is 5.10 Å². The van der Waals surface area contributed by atoms with Crippen LogP contribution < -0.4 is 4.90 Å². The van der Waals surface area contributed by atoms with Crippen molar-refractivity contribution in [1.29, 1.82) is 0 Å². The molecule has 8 nitrogen and oxygen atoms in total. The second-order valence-corrected chi connectivity index (χ2v) is 12.2. The SMILES string of the molecule is CC(=O)N1CCC(C(=O)N(CCCN2C3CCC2CC(n2nnc4ccccc42)C3)c2ccc(C)c(Cl)c2)CC1. The van der Waals surface area contributed by atoms with E-state index in [0.717, 1.165) is 48.1 Å². The fraction of sp³-hybridized carbons (Fsp3) is 0.548. The number of para-hydroxylation sites is 1. The molecule has 2 amide bonds. The lowest BCUT2D eigenvalue weighted by Gasteiger charge is -2.39. The van der Waals surface area contributed by atoms with Gasteiger partial charge in [-0.3, -0.25) is 14.5 Å². The third-order valence-electron chi connectivity index (χ3n) is 9.40. The quantitative estimate of drug-likeness (QED) is 0.393. The van der Waals surface area contributed by atoms with Crippen LogP contribution in [0, 0.1) is 12.8 Å². The molecule has 2 unspecified atom stereocenters. The van der Waals surface area contributed by atoms with Gasteiger partial charge in [-0.2, -0.15) is 0 Å². The maximum Gasteiger partial charge on any atom is 0.230 e. The third-order valence-corrected chi connectivity index (χ3v) is 9.81. The number of hydrogen-bond acceptors (Lipinski definition) is 5. The van der Waals surface area contributed by atoms with E-state index in [1.165, 1.54) is 12.8 Å². The van der Waals surface area contributed by atoms with Gasteiger partial charge in [0.25, 0.3) is 0 Å². The Morgan fingerprint density at radius 3 is 2.42 bits per heavy atom. The van der Waals surface area contributed by atoms with Gasteiger partial charge in [0.15, 0.2) is 0 Å². The minimum Gasteiger partial charge on any atom is -0.343 e. The predicted octanol–water partition coefficient (Wildman–Crippen LogP) is 5.24. The summed E-state index contributed by atoms with van der Waals surface area (Å²) in [5, 5.41) is 9.60. The Morgan fingerprint density at radius 2 is 1.73 bits per heavy atom. The van der Waals surface area contributed by atoms with E-state index >= 15 is 0 Å². The van der Waals surface area contributed by atoms with Gasteiger partial charge >= 0.3 is 0 Å². The average molecular weight is 563 g/mol. The zero-order valence-electron chi connectivity index (χ0n) is 23.5. The summed E-state index contributed by atoms with van der Waals surface area (Å²) in [4.78, 5) is 32.1. The number of rotatable bonds is 7. The summed E-state index contributed by atoms with van der Waals surface area (Å²) < 4.78 is 2.15. The molecule has 3 aliphatic heterocycles. The molecule has 9 heteroatoms. The zero-order chi connectivity index (χ0) is 27.8. The fourth-order valence-corrected chi connectivity index (χ4v) is 7.33. The van der Waals surface area contributed by atoms with Crippen LogP contribution in [0.1, 0.15) is 63.5 Å². The van der Waals surface area contributed by atoms with Crippen LogP contribution in [0.25, 0.3) is 11.0 Å². The minimum absolute atomic E-state index is 0.0693. The summed E-state index contributed by atoms with van der Waals surface area (Å²) in [6.45, 7) is 6.52. The standard InChI is InChI=1S/C31H39ClN6O2/c1-21-8-9-26(20-28(21)32)37(31(40)23-12-16-35(17-13-23)22(2)39)15-5-14-36-24-10-11-25(36)19-27(18-24)38-30-7-4-3-6-29(30)33-34-38/h3-4,6-9,20,23-25,27H,5,10-19H2,1-2H3. The van der Waals surface area contributed by atoms with E-state index in [1.54, 1.807) is 6.92 Å². The van der Waals surface area contributed by atoms with Crippen LogP contribution in [-0.2, 0) is 9.59 Å². The van der Waals surface area contributed by atoms with Crippen molar-refractivity contribution >= 4 is 40.1 Å². The molecule has 0 radical (unpaired) electrons. The summed E-state index contributed by atoms with van der Waals surface area (Å²) in [6, 6.07) is 15.6. The highest BCUT2D eigenvalue weighted by Crippen LogP contribution is 2.41. The molecule has 0 spiro atoms. The fourth-order valence-electron chi connectivity index (χ4n) is 7.16. The highest BCUT2D eigenvalue weighted by molar-refractivity contribution is 6.31. The first-order valence-electron chi connectivity index (χ1n) is 14.8. The summed E-state index contributed by atoms with van der Waals surface area (Å²) in [5.41, 5.74) is 3.96. The molecular weight excluding hydrogens is 524 g/mol. The van der Waals surface area contributed by atoms with Crippen LogP contribution in [0.2, 0.25) is 5.02 Å². The molecule has 2 atom stereocenters. The first-order chi connectivity index (χ1) is 19.4. The Hall–Kier alpha value is -2.97. The number of anilines is 1. The first-order valence-corrected chi connectivity index (χ1v) is 15.2. The van der Waals surface area contributed by atoms with E-state index in [0.29, 0.717) is 55.6 Å². The predicted molar refractivity (Wildman–Crippen MR) is 157 cm³/mol. The maximum atomic E-state index is 13.8. The van der Waals surface area contributed by atoms with Gasteiger partial charge in [0.05, 0.1) is 11.6 Å². The molecule has 2 bridgehead atoms. The highest BCUT2D eigenvalue weighted by atomic mass is 35.5. The number of piperidine rings is 2. The Balaban J connectivity index is 1.11. The largest absolute Gasteiger partial charge is 0.343 e. The van der Waals surface area contributed by atoms with Crippen LogP contribution in [0.5, 0.6) is 0 Å². The Bertz CT molecular complexity index is 1370. The van der Waals surface area contributed by atoms with Gasteiger partial charge in [-0.05, 0) is 81.7 Å². The molecule has 3 aromatic rings. The van der Waals surface area contributed by atoms with E-state index in [9.17, 15) is 9.59 Å². The normalized spacial score (nSPS) is 23.6. The van der Waals surface area contributed by atoms with Crippen LogP contribution in [-0.4, -0.2) is 74.9 Å². The average Bonchev–Trinajstić information content (AvgIpc) is 3.49. The molecule has 3 saturated heterocycles. The number of fused-ring (bicyclic) bond motifs is 3. The Labute approximate surface area is 241 Å². The highest BCUT2D eigenvalue weighted by Gasteiger charge is 2.41. The van der Waals surface area contributed by atoms with Crippen molar-refractivity contribution < 1.29 is 9.59 Å². The number of nitrogens with zero attached hydrogens (tertiary/aromatic N) is 6.